The maximum absolute atomic E-state index is 12.6. The topological polar surface area (TPSA) is 53.1 Å². The van der Waals surface area contributed by atoms with Crippen LogP contribution in [0.25, 0.3) is 0 Å². The second-order valence-corrected chi connectivity index (χ2v) is 8.43. The van der Waals surface area contributed by atoms with Crippen molar-refractivity contribution >= 4 is 11.8 Å². The van der Waals surface area contributed by atoms with Crippen LogP contribution in [-0.4, -0.2) is 72.4 Å². The SMILES string of the molecule is CCCN(CCC)C(=O)CCCC(=O)N1CCN(Cc2ccc3c(c2)CCO3)CC1. The van der Waals surface area contributed by atoms with E-state index in [0.717, 1.165) is 77.4 Å². The van der Waals surface area contributed by atoms with Gasteiger partial charge in [-0.25, -0.2) is 0 Å². The molecule has 0 unspecified atom stereocenters. The molecule has 1 fully saturated rings. The van der Waals surface area contributed by atoms with E-state index >= 15 is 0 Å². The van der Waals surface area contributed by atoms with E-state index in [1.807, 2.05) is 9.80 Å². The van der Waals surface area contributed by atoms with Gasteiger partial charge in [-0.15, -0.1) is 0 Å². The van der Waals surface area contributed by atoms with Crippen LogP contribution < -0.4 is 4.74 Å². The standard InChI is InChI=1S/C24H37N3O3/c1-3-11-26(12-4-2)23(28)6-5-7-24(29)27-15-13-25(14-16-27)19-20-8-9-22-21(18-20)10-17-30-22/h8-9,18H,3-7,10-17,19H2,1-2H3. The van der Waals surface area contributed by atoms with Gasteiger partial charge in [-0.1, -0.05) is 26.0 Å². The monoisotopic (exact) mass is 415 g/mol. The molecule has 1 saturated heterocycles. The number of ether oxygens (including phenoxy) is 1. The van der Waals surface area contributed by atoms with Crippen LogP contribution in [0.4, 0.5) is 0 Å². The summed E-state index contributed by atoms with van der Waals surface area (Å²) in [6, 6.07) is 6.50. The molecule has 3 rings (SSSR count). The number of benzene rings is 1. The number of nitrogens with zero attached hydrogens (tertiary/aromatic N) is 3. The fourth-order valence-electron chi connectivity index (χ4n) is 4.36. The molecule has 166 valence electrons. The molecule has 2 aliphatic heterocycles. The van der Waals surface area contributed by atoms with Crippen LogP contribution in [0.2, 0.25) is 0 Å². The van der Waals surface area contributed by atoms with Gasteiger partial charge in [0.2, 0.25) is 11.8 Å². The van der Waals surface area contributed by atoms with E-state index in [2.05, 4.69) is 36.9 Å². The summed E-state index contributed by atoms with van der Waals surface area (Å²) in [6.45, 7) is 10.9. The van der Waals surface area contributed by atoms with Gasteiger partial charge < -0.3 is 14.5 Å². The number of rotatable bonds is 10. The van der Waals surface area contributed by atoms with E-state index in [0.29, 0.717) is 19.3 Å². The van der Waals surface area contributed by atoms with Crippen LogP contribution in [0.1, 0.15) is 57.1 Å². The summed E-state index contributed by atoms with van der Waals surface area (Å²) in [4.78, 5) is 31.2. The van der Waals surface area contributed by atoms with Gasteiger partial charge in [0.1, 0.15) is 5.75 Å². The van der Waals surface area contributed by atoms with Gasteiger partial charge in [-0.05, 0) is 36.5 Å². The highest BCUT2D eigenvalue weighted by molar-refractivity contribution is 5.79. The van der Waals surface area contributed by atoms with Gasteiger partial charge in [0.05, 0.1) is 6.61 Å². The number of carbonyl (C=O) groups excluding carboxylic acids is 2. The maximum Gasteiger partial charge on any atom is 0.222 e. The molecule has 0 aliphatic carbocycles. The molecule has 1 aromatic carbocycles. The smallest absolute Gasteiger partial charge is 0.222 e. The van der Waals surface area contributed by atoms with Crippen molar-refractivity contribution in [1.82, 2.24) is 14.7 Å². The van der Waals surface area contributed by atoms with Crippen LogP contribution in [0.5, 0.6) is 5.75 Å². The van der Waals surface area contributed by atoms with Gasteiger partial charge in [0.15, 0.2) is 0 Å². The minimum atomic E-state index is 0.190. The third-order valence-electron chi connectivity index (χ3n) is 6.01. The number of piperazine rings is 1. The van der Waals surface area contributed by atoms with Crippen LogP contribution in [0.3, 0.4) is 0 Å². The Morgan fingerprint density at radius 1 is 1.03 bits per heavy atom. The third kappa shape index (κ3) is 6.21. The zero-order valence-corrected chi connectivity index (χ0v) is 18.7. The summed E-state index contributed by atoms with van der Waals surface area (Å²) >= 11 is 0. The molecule has 0 spiro atoms. The summed E-state index contributed by atoms with van der Waals surface area (Å²) in [5, 5.41) is 0. The minimum absolute atomic E-state index is 0.190. The highest BCUT2D eigenvalue weighted by atomic mass is 16.5. The Kier molecular flexibility index (Phi) is 8.55. The molecule has 0 N–H and O–H groups in total. The quantitative estimate of drug-likeness (QED) is 0.589. The maximum atomic E-state index is 12.6. The predicted octanol–water partition coefficient (Wildman–Crippen LogP) is 3.08. The summed E-state index contributed by atoms with van der Waals surface area (Å²) in [5.41, 5.74) is 2.63. The molecule has 0 saturated carbocycles. The van der Waals surface area contributed by atoms with E-state index in [1.165, 1.54) is 11.1 Å². The second-order valence-electron chi connectivity index (χ2n) is 8.43. The van der Waals surface area contributed by atoms with E-state index in [9.17, 15) is 9.59 Å². The van der Waals surface area contributed by atoms with Gasteiger partial charge in [-0.2, -0.15) is 0 Å². The molecule has 2 heterocycles. The Labute approximate surface area is 181 Å². The second kappa shape index (κ2) is 11.3. The zero-order chi connectivity index (χ0) is 21.3. The van der Waals surface area contributed by atoms with Crippen molar-refractivity contribution in [3.63, 3.8) is 0 Å². The highest BCUT2D eigenvalue weighted by Crippen LogP contribution is 2.26. The van der Waals surface area contributed by atoms with Crippen LogP contribution in [0, 0.1) is 0 Å². The first-order valence-corrected chi connectivity index (χ1v) is 11.6. The average Bonchev–Trinajstić information content (AvgIpc) is 3.22. The van der Waals surface area contributed by atoms with Gasteiger partial charge >= 0.3 is 0 Å². The number of hydrogen-bond donors (Lipinski definition) is 0. The molecular formula is C24H37N3O3. The molecule has 6 heteroatoms. The molecule has 2 aliphatic rings. The Hall–Kier alpha value is -2.08. The van der Waals surface area contributed by atoms with Crippen molar-refractivity contribution in [2.45, 2.75) is 58.9 Å². The predicted molar refractivity (Wildman–Crippen MR) is 119 cm³/mol. The normalized spacial score (nSPS) is 16.3. The summed E-state index contributed by atoms with van der Waals surface area (Å²) in [6.07, 6.45) is 4.57. The highest BCUT2D eigenvalue weighted by Gasteiger charge is 2.22. The molecule has 0 atom stereocenters. The van der Waals surface area contributed by atoms with Crippen LogP contribution >= 0.6 is 0 Å². The number of amides is 2. The first kappa shape index (κ1) is 22.6. The molecule has 0 aromatic heterocycles. The van der Waals surface area contributed by atoms with Gasteiger partial charge in [0, 0.05) is 65.1 Å². The fraction of sp³-hybridized carbons (Fsp3) is 0.667. The summed E-state index contributed by atoms with van der Waals surface area (Å²) in [7, 11) is 0. The lowest BCUT2D eigenvalue weighted by Gasteiger charge is -2.35. The molecule has 2 amide bonds. The molecule has 30 heavy (non-hydrogen) atoms. The first-order chi connectivity index (χ1) is 14.6. The minimum Gasteiger partial charge on any atom is -0.493 e. The molecular weight excluding hydrogens is 378 g/mol. The van der Waals surface area contributed by atoms with Crippen molar-refractivity contribution in [3.05, 3.63) is 29.3 Å². The molecule has 0 bridgehead atoms. The van der Waals surface area contributed by atoms with Crippen molar-refractivity contribution < 1.29 is 14.3 Å². The van der Waals surface area contributed by atoms with Crippen molar-refractivity contribution in [2.24, 2.45) is 0 Å². The van der Waals surface area contributed by atoms with E-state index < -0.39 is 0 Å². The van der Waals surface area contributed by atoms with Crippen LogP contribution in [-0.2, 0) is 22.6 Å². The third-order valence-corrected chi connectivity index (χ3v) is 6.01. The Morgan fingerprint density at radius 3 is 2.47 bits per heavy atom. The lowest BCUT2D eigenvalue weighted by atomic mass is 10.1. The number of hydrogen-bond acceptors (Lipinski definition) is 4. The fourth-order valence-corrected chi connectivity index (χ4v) is 4.36. The number of fused-ring (bicyclic) bond motifs is 1. The average molecular weight is 416 g/mol. The van der Waals surface area contributed by atoms with E-state index in [4.69, 9.17) is 4.74 Å². The summed E-state index contributed by atoms with van der Waals surface area (Å²) in [5.74, 6) is 1.41. The van der Waals surface area contributed by atoms with Crippen molar-refractivity contribution in [3.8, 4) is 5.75 Å². The first-order valence-electron chi connectivity index (χ1n) is 11.6. The zero-order valence-electron chi connectivity index (χ0n) is 18.7. The van der Waals surface area contributed by atoms with Crippen LogP contribution in [0.15, 0.2) is 18.2 Å². The molecule has 6 nitrogen and oxygen atoms in total. The van der Waals surface area contributed by atoms with E-state index in [1.54, 1.807) is 0 Å². The van der Waals surface area contributed by atoms with Crippen molar-refractivity contribution in [2.75, 3.05) is 45.9 Å². The largest absolute Gasteiger partial charge is 0.493 e. The lowest BCUT2D eigenvalue weighted by molar-refractivity contribution is -0.134. The molecule has 1 aromatic rings. The molecule has 0 radical (unpaired) electrons. The van der Waals surface area contributed by atoms with Crippen molar-refractivity contribution in [1.29, 1.82) is 0 Å². The Morgan fingerprint density at radius 2 is 1.77 bits per heavy atom. The Bertz CT molecular complexity index is 708. The summed E-state index contributed by atoms with van der Waals surface area (Å²) < 4.78 is 5.59. The van der Waals surface area contributed by atoms with Gasteiger partial charge in [-0.3, -0.25) is 14.5 Å². The van der Waals surface area contributed by atoms with Gasteiger partial charge in [0.25, 0.3) is 0 Å². The number of carbonyl (C=O) groups is 2. The lowest BCUT2D eigenvalue weighted by Crippen LogP contribution is -2.48. The Balaban J connectivity index is 1.36. The van der Waals surface area contributed by atoms with E-state index in [-0.39, 0.29) is 11.8 Å².